The number of sulfonamides is 1. The molecule has 0 unspecified atom stereocenters. The van der Waals surface area contributed by atoms with E-state index < -0.39 is 38.9 Å². The lowest BCUT2D eigenvalue weighted by molar-refractivity contribution is 0.0686. The molecule has 9 nitrogen and oxygen atoms in total. The van der Waals surface area contributed by atoms with Gasteiger partial charge in [0.15, 0.2) is 5.82 Å². The van der Waals surface area contributed by atoms with Crippen LogP contribution < -0.4 is 10.5 Å². The Balaban J connectivity index is 2.27. The van der Waals surface area contributed by atoms with Crippen molar-refractivity contribution in [3.63, 3.8) is 0 Å². The van der Waals surface area contributed by atoms with Crippen LogP contribution in [0.4, 0.5) is 20.3 Å². The van der Waals surface area contributed by atoms with Gasteiger partial charge in [-0.2, -0.15) is 0 Å². The minimum atomic E-state index is -4.22. The van der Waals surface area contributed by atoms with Crippen LogP contribution in [0.15, 0.2) is 45.3 Å². The number of nitrogens with zero attached hydrogens (tertiary/aromatic N) is 3. The average molecular weight is 383 g/mol. The number of halogens is 2. The largest absolute Gasteiger partial charge is 0.477 e. The summed E-state index contributed by atoms with van der Waals surface area (Å²) in [5.74, 6) is -4.50. The van der Waals surface area contributed by atoms with Gasteiger partial charge in [0.05, 0.1) is 12.0 Å². The molecule has 0 saturated heterocycles. The number of carboxylic acid groups (broad SMARTS) is 1. The highest BCUT2D eigenvalue weighted by Gasteiger charge is 2.21. The number of aromatic nitrogens is 1. The van der Waals surface area contributed by atoms with Crippen molar-refractivity contribution in [3.8, 4) is 0 Å². The number of anilines is 1. The molecule has 26 heavy (non-hydrogen) atoms. The van der Waals surface area contributed by atoms with Crippen LogP contribution >= 0.6 is 0 Å². The molecule has 12 heteroatoms. The van der Waals surface area contributed by atoms with Crippen molar-refractivity contribution in [2.24, 2.45) is 15.7 Å². The maximum Gasteiger partial charge on any atom is 0.341 e. The Hall–Kier alpha value is -3.41. The van der Waals surface area contributed by atoms with Gasteiger partial charge in [-0.3, -0.25) is 4.72 Å². The number of hydrogen-bond donors (Lipinski definition) is 3. The molecular weight excluding hydrogens is 372 g/mol. The normalized spacial score (nSPS) is 11.9. The molecule has 0 saturated carbocycles. The van der Waals surface area contributed by atoms with E-state index in [1.165, 1.54) is 6.07 Å². The fourth-order valence-electron chi connectivity index (χ4n) is 1.79. The summed E-state index contributed by atoms with van der Waals surface area (Å²) in [7, 11) is -4.22. The molecule has 0 fully saturated rings. The summed E-state index contributed by atoms with van der Waals surface area (Å²) in [4.78, 5) is 21.5. The van der Waals surface area contributed by atoms with Gasteiger partial charge in [0.2, 0.25) is 0 Å². The van der Waals surface area contributed by atoms with E-state index in [0.29, 0.717) is 12.1 Å². The monoisotopic (exact) mass is 383 g/mol. The highest BCUT2D eigenvalue weighted by atomic mass is 32.2. The zero-order valence-electron chi connectivity index (χ0n) is 12.8. The molecule has 136 valence electrons. The average Bonchev–Trinajstić information content (AvgIpc) is 2.54. The smallest absolute Gasteiger partial charge is 0.341 e. The maximum atomic E-state index is 13.6. The molecule has 0 aliphatic carbocycles. The number of hydrogen-bond acceptors (Lipinski definition) is 5. The molecule has 0 atom stereocenters. The number of carbonyl (C=O) groups is 1. The number of carboxylic acids is 1. The molecule has 1 aromatic heterocycles. The number of aromatic carboxylic acids is 1. The van der Waals surface area contributed by atoms with Gasteiger partial charge in [0.1, 0.15) is 28.4 Å². The van der Waals surface area contributed by atoms with Crippen LogP contribution in [0, 0.1) is 11.6 Å². The topological polar surface area (TPSA) is 147 Å². The zero-order valence-corrected chi connectivity index (χ0v) is 13.6. The van der Waals surface area contributed by atoms with Crippen molar-refractivity contribution in [2.75, 3.05) is 4.72 Å². The van der Waals surface area contributed by atoms with Gasteiger partial charge in [-0.25, -0.2) is 37.0 Å². The van der Waals surface area contributed by atoms with Crippen molar-refractivity contribution >= 4 is 40.2 Å². The van der Waals surface area contributed by atoms with E-state index in [4.69, 9.17) is 10.8 Å². The van der Waals surface area contributed by atoms with Gasteiger partial charge in [-0.15, -0.1) is 0 Å². The standard InChI is InChI=1S/C14H11F2N5O4S/c15-10-3-8(4-11(16)13(10)14(22)23)21-26(24,25)9-1-2-12(19-5-9)20-7-18-6-17/h1-7,21H,(H,22,23)(H2,17,18,19,20). The van der Waals surface area contributed by atoms with Crippen LogP contribution in [-0.2, 0) is 10.0 Å². The van der Waals surface area contributed by atoms with Crippen LogP contribution in [0.1, 0.15) is 10.4 Å². The summed E-state index contributed by atoms with van der Waals surface area (Å²) in [6.45, 7) is 0. The predicted octanol–water partition coefficient (Wildman–Crippen LogP) is 1.51. The van der Waals surface area contributed by atoms with E-state index in [1.807, 2.05) is 4.72 Å². The lowest BCUT2D eigenvalue weighted by Crippen LogP contribution is -2.14. The van der Waals surface area contributed by atoms with Crippen LogP contribution in [0.25, 0.3) is 0 Å². The van der Waals surface area contributed by atoms with E-state index in [1.54, 1.807) is 0 Å². The predicted molar refractivity (Wildman–Crippen MR) is 89.2 cm³/mol. The van der Waals surface area contributed by atoms with Gasteiger partial charge in [0, 0.05) is 6.20 Å². The highest BCUT2D eigenvalue weighted by molar-refractivity contribution is 7.92. The quantitative estimate of drug-likeness (QED) is 0.509. The Morgan fingerprint density at radius 1 is 1.27 bits per heavy atom. The number of nitrogens with one attached hydrogen (secondary N) is 1. The van der Waals surface area contributed by atoms with Gasteiger partial charge in [0.25, 0.3) is 10.0 Å². The Morgan fingerprint density at radius 2 is 1.92 bits per heavy atom. The molecule has 2 rings (SSSR count). The summed E-state index contributed by atoms with van der Waals surface area (Å²) in [5, 5.41) is 8.70. The van der Waals surface area contributed by atoms with Crippen molar-refractivity contribution in [3.05, 3.63) is 47.7 Å². The van der Waals surface area contributed by atoms with Gasteiger partial charge >= 0.3 is 5.97 Å². The van der Waals surface area contributed by atoms with E-state index in [0.717, 1.165) is 24.9 Å². The van der Waals surface area contributed by atoms with E-state index >= 15 is 0 Å². The molecule has 0 aliphatic heterocycles. The van der Waals surface area contributed by atoms with Crippen molar-refractivity contribution in [1.29, 1.82) is 0 Å². The number of benzene rings is 1. The van der Waals surface area contributed by atoms with Gasteiger partial charge in [-0.05, 0) is 24.3 Å². The Labute approximate surface area is 146 Å². The van der Waals surface area contributed by atoms with E-state index in [2.05, 4.69) is 15.0 Å². The van der Waals surface area contributed by atoms with Crippen molar-refractivity contribution < 1.29 is 27.1 Å². The van der Waals surface area contributed by atoms with Gasteiger partial charge in [-0.1, -0.05) is 0 Å². The molecule has 1 aromatic carbocycles. The Bertz CT molecular complexity index is 968. The second-order valence-corrected chi connectivity index (χ2v) is 6.30. The number of aliphatic imine (C=N–C) groups is 2. The minimum absolute atomic E-state index is 0.150. The summed E-state index contributed by atoms with van der Waals surface area (Å²) in [6, 6.07) is 3.54. The highest BCUT2D eigenvalue weighted by Crippen LogP contribution is 2.22. The Morgan fingerprint density at radius 3 is 2.42 bits per heavy atom. The summed E-state index contributed by atoms with van der Waals surface area (Å²) < 4.78 is 53.7. The third kappa shape index (κ3) is 4.36. The van der Waals surface area contributed by atoms with Gasteiger partial charge < -0.3 is 10.8 Å². The number of rotatable bonds is 6. The number of nitrogens with two attached hydrogens (primary N) is 1. The molecular formula is C14H11F2N5O4S. The second-order valence-electron chi connectivity index (χ2n) is 4.62. The molecule has 0 aliphatic rings. The van der Waals surface area contributed by atoms with E-state index in [9.17, 15) is 22.0 Å². The molecule has 4 N–H and O–H groups in total. The third-order valence-electron chi connectivity index (χ3n) is 2.88. The second kappa shape index (κ2) is 7.65. The molecule has 1 heterocycles. The Kier molecular flexibility index (Phi) is 5.57. The summed E-state index contributed by atoms with van der Waals surface area (Å²) in [5.41, 5.74) is 3.35. The van der Waals surface area contributed by atoms with Crippen molar-refractivity contribution in [2.45, 2.75) is 4.90 Å². The number of pyridine rings is 1. The maximum absolute atomic E-state index is 13.6. The summed E-state index contributed by atoms with van der Waals surface area (Å²) >= 11 is 0. The SMILES string of the molecule is NC=NC=Nc1ccc(S(=O)(=O)Nc2cc(F)c(C(=O)O)c(F)c2)cn1. The zero-order chi connectivity index (χ0) is 19.3. The third-order valence-corrected chi connectivity index (χ3v) is 4.25. The first-order valence-electron chi connectivity index (χ1n) is 6.71. The lowest BCUT2D eigenvalue weighted by atomic mass is 10.2. The fourth-order valence-corrected chi connectivity index (χ4v) is 2.77. The fraction of sp³-hybridized carbons (Fsp3) is 0. The molecule has 2 aromatic rings. The molecule has 0 amide bonds. The lowest BCUT2D eigenvalue weighted by Gasteiger charge is -2.09. The summed E-state index contributed by atoms with van der Waals surface area (Å²) in [6.07, 6.45) is 3.07. The van der Waals surface area contributed by atoms with Crippen LogP contribution in [0.5, 0.6) is 0 Å². The molecule has 0 spiro atoms. The minimum Gasteiger partial charge on any atom is -0.477 e. The van der Waals surface area contributed by atoms with Crippen LogP contribution in [0.2, 0.25) is 0 Å². The first kappa shape index (κ1) is 18.9. The van der Waals surface area contributed by atoms with Crippen molar-refractivity contribution in [1.82, 2.24) is 4.98 Å². The van der Waals surface area contributed by atoms with E-state index in [-0.39, 0.29) is 10.7 Å². The molecule has 0 bridgehead atoms. The van der Waals surface area contributed by atoms with Crippen LogP contribution in [0.3, 0.4) is 0 Å². The first-order chi connectivity index (χ1) is 12.2. The first-order valence-corrected chi connectivity index (χ1v) is 8.20. The molecule has 0 radical (unpaired) electrons. The van der Waals surface area contributed by atoms with Crippen LogP contribution in [-0.4, -0.2) is 37.2 Å².